The van der Waals surface area contributed by atoms with Crippen LogP contribution in [0.3, 0.4) is 0 Å². The van der Waals surface area contributed by atoms with E-state index >= 15 is 0 Å². The van der Waals surface area contributed by atoms with Gasteiger partial charge in [-0.2, -0.15) is 0 Å². The van der Waals surface area contributed by atoms with E-state index in [0.717, 1.165) is 5.03 Å². The zero-order valence-corrected chi connectivity index (χ0v) is 7.83. The Hall–Kier alpha value is -1.07. The average Bonchev–Trinajstić information content (AvgIpc) is 2.15. The van der Waals surface area contributed by atoms with Gasteiger partial charge in [-0.05, 0) is 12.1 Å². The quantitative estimate of drug-likeness (QED) is 0.665. The number of pyridine rings is 1. The fourth-order valence-electron chi connectivity index (χ4n) is 0.690. The number of primary amides is 1. The molecule has 1 amide bonds. The molecule has 1 heterocycles. The van der Waals surface area contributed by atoms with Gasteiger partial charge in [0.15, 0.2) is 0 Å². The van der Waals surface area contributed by atoms with Crippen molar-refractivity contribution in [1.82, 2.24) is 4.98 Å². The topological polar surface area (TPSA) is 82.0 Å². The highest BCUT2D eigenvalue weighted by Crippen LogP contribution is 2.13. The first-order valence-electron chi connectivity index (χ1n) is 3.79. The third kappa shape index (κ3) is 3.43. The number of hydrogen-bond donors (Lipinski definition) is 2. The fourth-order valence-corrected chi connectivity index (χ4v) is 1.51. The van der Waals surface area contributed by atoms with Crippen molar-refractivity contribution < 1.29 is 4.79 Å². The Morgan fingerprint density at radius 1 is 1.62 bits per heavy atom. The second-order valence-electron chi connectivity index (χ2n) is 2.49. The van der Waals surface area contributed by atoms with Gasteiger partial charge in [0.25, 0.3) is 0 Å². The molecule has 0 aromatic carbocycles. The maximum atomic E-state index is 10.6. The van der Waals surface area contributed by atoms with E-state index in [1.54, 1.807) is 6.20 Å². The van der Waals surface area contributed by atoms with Gasteiger partial charge in [0, 0.05) is 11.9 Å². The molecule has 0 fully saturated rings. The van der Waals surface area contributed by atoms with Gasteiger partial charge in [-0.1, -0.05) is 6.07 Å². The summed E-state index contributed by atoms with van der Waals surface area (Å²) in [5.74, 6) is -0.0183. The van der Waals surface area contributed by atoms with E-state index in [1.165, 1.54) is 11.8 Å². The van der Waals surface area contributed by atoms with Crippen LogP contribution in [0, 0.1) is 0 Å². The van der Waals surface area contributed by atoms with Crippen molar-refractivity contribution in [3.8, 4) is 0 Å². The molecule has 1 aromatic rings. The van der Waals surface area contributed by atoms with Crippen molar-refractivity contribution >= 4 is 17.7 Å². The van der Waals surface area contributed by atoms with E-state index in [-0.39, 0.29) is 0 Å². The largest absolute Gasteiger partial charge is 0.368 e. The van der Waals surface area contributed by atoms with Crippen molar-refractivity contribution in [2.45, 2.75) is 11.1 Å². The van der Waals surface area contributed by atoms with Crippen LogP contribution in [0.4, 0.5) is 0 Å². The molecule has 13 heavy (non-hydrogen) atoms. The van der Waals surface area contributed by atoms with E-state index < -0.39 is 11.9 Å². The number of aromatic nitrogens is 1. The average molecular weight is 197 g/mol. The van der Waals surface area contributed by atoms with Crippen LogP contribution < -0.4 is 11.5 Å². The van der Waals surface area contributed by atoms with E-state index in [1.807, 2.05) is 18.2 Å². The van der Waals surface area contributed by atoms with Crippen LogP contribution in [0.5, 0.6) is 0 Å². The molecule has 0 spiro atoms. The van der Waals surface area contributed by atoms with Crippen LogP contribution in [0.2, 0.25) is 0 Å². The molecule has 1 atom stereocenters. The summed E-state index contributed by atoms with van der Waals surface area (Å²) in [5, 5.41) is 0.846. The molecule has 0 aliphatic heterocycles. The minimum absolute atomic E-state index is 0.465. The highest BCUT2D eigenvalue weighted by molar-refractivity contribution is 7.99. The molecule has 0 saturated heterocycles. The summed E-state index contributed by atoms with van der Waals surface area (Å²) in [6, 6.07) is 4.97. The maximum Gasteiger partial charge on any atom is 0.235 e. The lowest BCUT2D eigenvalue weighted by Gasteiger charge is -2.05. The van der Waals surface area contributed by atoms with Crippen LogP contribution >= 0.6 is 11.8 Å². The van der Waals surface area contributed by atoms with Gasteiger partial charge in [-0.15, -0.1) is 11.8 Å². The summed E-state index contributed by atoms with van der Waals surface area (Å²) in [4.78, 5) is 14.6. The molecule has 0 bridgehead atoms. The Morgan fingerprint density at radius 2 is 2.38 bits per heavy atom. The van der Waals surface area contributed by atoms with Crippen molar-refractivity contribution in [1.29, 1.82) is 0 Å². The van der Waals surface area contributed by atoms with Crippen molar-refractivity contribution in [3.05, 3.63) is 24.4 Å². The first kappa shape index (κ1) is 10.0. The van der Waals surface area contributed by atoms with Crippen LogP contribution in [-0.2, 0) is 4.79 Å². The Labute approximate surface area is 80.7 Å². The van der Waals surface area contributed by atoms with Crippen molar-refractivity contribution in [3.63, 3.8) is 0 Å². The van der Waals surface area contributed by atoms with Crippen molar-refractivity contribution in [2.24, 2.45) is 11.5 Å². The molecule has 4 nitrogen and oxygen atoms in total. The number of nitrogens with two attached hydrogens (primary N) is 2. The number of hydrogen-bond acceptors (Lipinski definition) is 4. The number of rotatable bonds is 4. The molecule has 1 unspecified atom stereocenters. The standard InChI is InChI=1S/C8H11N3OS/c9-6(8(10)12)5-13-7-3-1-2-4-11-7/h1-4,6H,5,9H2,(H2,10,12). The van der Waals surface area contributed by atoms with Crippen molar-refractivity contribution in [2.75, 3.05) is 5.75 Å². The predicted octanol–water partition coefficient (Wildman–Crippen LogP) is -0.0137. The van der Waals surface area contributed by atoms with Gasteiger partial charge < -0.3 is 11.5 Å². The number of nitrogens with zero attached hydrogens (tertiary/aromatic N) is 1. The number of carbonyl (C=O) groups is 1. The van der Waals surface area contributed by atoms with Gasteiger partial charge in [0.1, 0.15) is 0 Å². The highest BCUT2D eigenvalue weighted by atomic mass is 32.2. The summed E-state index contributed by atoms with van der Waals surface area (Å²) < 4.78 is 0. The lowest BCUT2D eigenvalue weighted by atomic mass is 10.3. The van der Waals surface area contributed by atoms with E-state index in [4.69, 9.17) is 11.5 Å². The Morgan fingerprint density at radius 3 is 2.92 bits per heavy atom. The van der Waals surface area contributed by atoms with E-state index in [2.05, 4.69) is 4.98 Å². The Bertz CT molecular complexity index is 278. The minimum atomic E-state index is -0.605. The molecule has 0 radical (unpaired) electrons. The molecule has 5 heteroatoms. The summed E-state index contributed by atoms with van der Waals surface area (Å²) in [6.45, 7) is 0. The molecule has 0 aliphatic rings. The smallest absolute Gasteiger partial charge is 0.235 e. The first-order valence-corrected chi connectivity index (χ1v) is 4.77. The number of amides is 1. The van der Waals surface area contributed by atoms with Gasteiger partial charge in [-0.3, -0.25) is 4.79 Å². The minimum Gasteiger partial charge on any atom is -0.368 e. The zero-order valence-electron chi connectivity index (χ0n) is 7.01. The number of carbonyl (C=O) groups excluding carboxylic acids is 1. The third-order valence-electron chi connectivity index (χ3n) is 1.41. The van der Waals surface area contributed by atoms with Crippen LogP contribution in [-0.4, -0.2) is 22.7 Å². The van der Waals surface area contributed by atoms with Gasteiger partial charge >= 0.3 is 0 Å². The maximum absolute atomic E-state index is 10.6. The fraction of sp³-hybridized carbons (Fsp3) is 0.250. The normalized spacial score (nSPS) is 12.4. The van der Waals surface area contributed by atoms with Crippen LogP contribution in [0.15, 0.2) is 29.4 Å². The highest BCUT2D eigenvalue weighted by Gasteiger charge is 2.09. The molecular weight excluding hydrogens is 186 g/mol. The summed E-state index contributed by atoms with van der Waals surface area (Å²) in [5.41, 5.74) is 10.4. The molecule has 0 aliphatic carbocycles. The van der Waals surface area contributed by atoms with E-state index in [9.17, 15) is 4.79 Å². The summed E-state index contributed by atoms with van der Waals surface area (Å²) in [6.07, 6.45) is 1.69. The second-order valence-corrected chi connectivity index (χ2v) is 3.53. The van der Waals surface area contributed by atoms with Gasteiger partial charge in [0.05, 0.1) is 11.1 Å². The molecule has 4 N–H and O–H groups in total. The lowest BCUT2D eigenvalue weighted by Crippen LogP contribution is -2.38. The third-order valence-corrected chi connectivity index (χ3v) is 2.48. The summed E-state index contributed by atoms with van der Waals surface area (Å²) in [7, 11) is 0. The SMILES string of the molecule is NC(=O)C(N)CSc1ccccn1. The zero-order chi connectivity index (χ0) is 9.68. The van der Waals surface area contributed by atoms with Crippen LogP contribution in [0.25, 0.3) is 0 Å². The van der Waals surface area contributed by atoms with Crippen LogP contribution in [0.1, 0.15) is 0 Å². The molecule has 70 valence electrons. The first-order chi connectivity index (χ1) is 6.20. The molecule has 0 saturated carbocycles. The second kappa shape index (κ2) is 4.84. The number of thioether (sulfide) groups is 1. The summed E-state index contributed by atoms with van der Waals surface area (Å²) >= 11 is 1.42. The van der Waals surface area contributed by atoms with Gasteiger partial charge in [0.2, 0.25) is 5.91 Å². The Kier molecular flexibility index (Phi) is 3.72. The van der Waals surface area contributed by atoms with E-state index in [0.29, 0.717) is 5.75 Å². The lowest BCUT2D eigenvalue weighted by molar-refractivity contribution is -0.118. The molecule has 1 rings (SSSR count). The Balaban J connectivity index is 2.39. The predicted molar refractivity (Wildman–Crippen MR) is 52.1 cm³/mol. The molecule has 1 aromatic heterocycles. The van der Waals surface area contributed by atoms with Gasteiger partial charge in [-0.25, -0.2) is 4.98 Å². The monoisotopic (exact) mass is 197 g/mol. The molecular formula is C8H11N3OS.